The molecule has 0 aliphatic carbocycles. The highest BCUT2D eigenvalue weighted by atomic mass is 32.2. The highest BCUT2D eigenvalue weighted by molar-refractivity contribution is 7.89. The lowest BCUT2D eigenvalue weighted by molar-refractivity contribution is -0.124. The van der Waals surface area contributed by atoms with E-state index >= 15 is 0 Å². The van der Waals surface area contributed by atoms with Gasteiger partial charge >= 0.3 is 0 Å². The molecule has 1 aromatic heterocycles. The Morgan fingerprint density at radius 3 is 2.29 bits per heavy atom. The van der Waals surface area contributed by atoms with Crippen LogP contribution in [-0.2, 0) is 27.9 Å². The number of benzene rings is 1. The first kappa shape index (κ1) is 26.8. The Hall–Kier alpha value is -2.76. The van der Waals surface area contributed by atoms with E-state index in [4.69, 9.17) is 4.98 Å². The van der Waals surface area contributed by atoms with Crippen molar-refractivity contribution in [1.82, 2.24) is 29.4 Å². The second-order valence-corrected chi connectivity index (χ2v) is 12.3. The lowest BCUT2D eigenvalue weighted by atomic mass is 9.86. The number of hydrogen-bond acceptors (Lipinski definition) is 6. The third-order valence-electron chi connectivity index (χ3n) is 6.17. The third-order valence-corrected chi connectivity index (χ3v) is 8.00. The Balaban J connectivity index is 2.06. The molecule has 0 saturated carbocycles. The minimum absolute atomic E-state index is 0.185. The van der Waals surface area contributed by atoms with E-state index in [9.17, 15) is 18.0 Å². The summed E-state index contributed by atoms with van der Waals surface area (Å²) in [6.45, 7) is 7.75. The summed E-state index contributed by atoms with van der Waals surface area (Å²) in [5, 5.41) is 5.51. The predicted octanol–water partition coefficient (Wildman–Crippen LogP) is 1.53. The Morgan fingerprint density at radius 2 is 1.74 bits per heavy atom. The number of rotatable bonds is 6. The molecule has 0 fully saturated rings. The molecule has 2 N–H and O–H groups in total. The number of hydrogen-bond donors (Lipinski definition) is 2. The van der Waals surface area contributed by atoms with Crippen molar-refractivity contribution in [2.45, 2.75) is 51.2 Å². The van der Waals surface area contributed by atoms with Crippen LogP contribution in [0.1, 0.15) is 43.4 Å². The van der Waals surface area contributed by atoms with Crippen molar-refractivity contribution in [3.63, 3.8) is 0 Å². The number of likely N-dealkylation sites (N-methyl/N-ethyl adjacent to an activating group) is 1. The second kappa shape index (κ2) is 10.1. The minimum atomic E-state index is -3.56. The topological polar surface area (TPSA) is 117 Å². The molecule has 2 heterocycles. The zero-order chi connectivity index (χ0) is 26.1. The van der Waals surface area contributed by atoms with Crippen molar-refractivity contribution in [2.75, 3.05) is 34.7 Å². The van der Waals surface area contributed by atoms with E-state index in [0.29, 0.717) is 24.5 Å². The summed E-state index contributed by atoms with van der Waals surface area (Å²) < 4.78 is 28.1. The first-order valence-corrected chi connectivity index (χ1v) is 13.0. The van der Waals surface area contributed by atoms with Gasteiger partial charge in [-0.05, 0) is 49.7 Å². The van der Waals surface area contributed by atoms with Crippen LogP contribution < -0.4 is 10.6 Å². The molecule has 1 aliphatic heterocycles. The highest BCUT2D eigenvalue weighted by Crippen LogP contribution is 2.28. The Morgan fingerprint density at radius 1 is 1.11 bits per heavy atom. The summed E-state index contributed by atoms with van der Waals surface area (Å²) in [5.41, 5.74) is 1.26. The summed E-state index contributed by atoms with van der Waals surface area (Å²) in [5.74, 6) is -0.0849. The SMILES string of the molecule is CNC(=O)[C@@H](NC(=O)c1nc(-c2ccc(S(=O)(=O)N(C)C)cc2)n2c1CN(C)CCC2)C(C)(C)C. The molecule has 2 amide bonds. The first-order chi connectivity index (χ1) is 16.3. The molecular weight excluding hydrogens is 468 g/mol. The molecule has 0 unspecified atom stereocenters. The fraction of sp³-hybridized carbons (Fsp3) is 0.542. The molecule has 0 spiro atoms. The second-order valence-electron chi connectivity index (χ2n) is 10.2. The maximum atomic E-state index is 13.4. The smallest absolute Gasteiger partial charge is 0.272 e. The maximum Gasteiger partial charge on any atom is 0.272 e. The number of nitrogens with zero attached hydrogens (tertiary/aromatic N) is 4. The van der Waals surface area contributed by atoms with E-state index < -0.39 is 27.4 Å². The number of carbonyl (C=O) groups is 2. The number of fused-ring (bicyclic) bond motifs is 1. The Kier molecular flexibility index (Phi) is 7.73. The summed E-state index contributed by atoms with van der Waals surface area (Å²) in [6, 6.07) is 5.79. The van der Waals surface area contributed by atoms with Gasteiger partial charge in [-0.15, -0.1) is 0 Å². The molecule has 0 radical (unpaired) electrons. The molecule has 11 heteroatoms. The van der Waals surface area contributed by atoms with E-state index in [1.54, 1.807) is 31.3 Å². The van der Waals surface area contributed by atoms with Crippen LogP contribution in [0.5, 0.6) is 0 Å². The lowest BCUT2D eigenvalue weighted by Gasteiger charge is -2.29. The fourth-order valence-electron chi connectivity index (χ4n) is 4.13. The van der Waals surface area contributed by atoms with Gasteiger partial charge < -0.3 is 20.1 Å². The van der Waals surface area contributed by atoms with Gasteiger partial charge in [0.2, 0.25) is 15.9 Å². The van der Waals surface area contributed by atoms with Crippen LogP contribution in [0.3, 0.4) is 0 Å². The third kappa shape index (κ3) is 5.57. The number of carbonyl (C=O) groups excluding carboxylic acids is 2. The highest BCUT2D eigenvalue weighted by Gasteiger charge is 2.34. The molecule has 0 bridgehead atoms. The van der Waals surface area contributed by atoms with Gasteiger partial charge in [-0.2, -0.15) is 0 Å². The molecule has 10 nitrogen and oxygen atoms in total. The lowest BCUT2D eigenvalue weighted by Crippen LogP contribution is -2.53. The van der Waals surface area contributed by atoms with E-state index in [1.165, 1.54) is 18.4 Å². The van der Waals surface area contributed by atoms with Crippen LogP contribution in [0.15, 0.2) is 29.2 Å². The van der Waals surface area contributed by atoms with Gasteiger partial charge in [0.05, 0.1) is 10.6 Å². The van der Waals surface area contributed by atoms with Crippen LogP contribution in [0.25, 0.3) is 11.4 Å². The fourth-order valence-corrected chi connectivity index (χ4v) is 5.03. The normalized spacial score (nSPS) is 15.9. The Labute approximate surface area is 207 Å². The van der Waals surface area contributed by atoms with Crippen LogP contribution >= 0.6 is 0 Å². The van der Waals surface area contributed by atoms with Crippen LogP contribution in [0.2, 0.25) is 0 Å². The molecular formula is C24H36N6O4S. The zero-order valence-corrected chi connectivity index (χ0v) is 22.4. The minimum Gasteiger partial charge on any atom is -0.357 e. The first-order valence-electron chi connectivity index (χ1n) is 11.6. The molecule has 2 aromatic rings. The summed E-state index contributed by atoms with van der Waals surface area (Å²) in [7, 11) is 2.96. The number of sulfonamides is 1. The van der Waals surface area contributed by atoms with Gasteiger partial charge in [0, 0.05) is 39.8 Å². The molecule has 0 saturated heterocycles. The summed E-state index contributed by atoms with van der Waals surface area (Å²) in [4.78, 5) is 33.0. The van der Waals surface area contributed by atoms with Crippen molar-refractivity contribution >= 4 is 21.8 Å². The number of amides is 2. The molecule has 192 valence electrons. The number of aromatic nitrogens is 2. The molecule has 3 rings (SSSR count). The van der Waals surface area contributed by atoms with Gasteiger partial charge in [0.15, 0.2) is 5.69 Å². The average molecular weight is 505 g/mol. The predicted molar refractivity (Wildman–Crippen MR) is 134 cm³/mol. The van der Waals surface area contributed by atoms with E-state index in [-0.39, 0.29) is 16.5 Å². The number of imidazole rings is 1. The largest absolute Gasteiger partial charge is 0.357 e. The quantitative estimate of drug-likeness (QED) is 0.616. The van der Waals surface area contributed by atoms with Crippen LogP contribution in [0, 0.1) is 5.41 Å². The summed E-state index contributed by atoms with van der Waals surface area (Å²) in [6.07, 6.45) is 0.879. The Bertz CT molecular complexity index is 1200. The van der Waals surface area contributed by atoms with Crippen molar-refractivity contribution in [3.05, 3.63) is 35.7 Å². The van der Waals surface area contributed by atoms with Crippen molar-refractivity contribution in [2.24, 2.45) is 5.41 Å². The molecule has 1 atom stereocenters. The monoisotopic (exact) mass is 504 g/mol. The van der Waals surface area contributed by atoms with E-state index in [0.717, 1.165) is 18.7 Å². The van der Waals surface area contributed by atoms with Gasteiger partial charge in [-0.1, -0.05) is 20.8 Å². The van der Waals surface area contributed by atoms with Gasteiger partial charge in [-0.25, -0.2) is 17.7 Å². The van der Waals surface area contributed by atoms with Gasteiger partial charge in [0.25, 0.3) is 5.91 Å². The van der Waals surface area contributed by atoms with Gasteiger partial charge in [0.1, 0.15) is 11.9 Å². The van der Waals surface area contributed by atoms with Crippen LogP contribution in [0.4, 0.5) is 0 Å². The van der Waals surface area contributed by atoms with Crippen molar-refractivity contribution in [3.8, 4) is 11.4 Å². The van der Waals surface area contributed by atoms with Gasteiger partial charge in [-0.3, -0.25) is 9.59 Å². The summed E-state index contributed by atoms with van der Waals surface area (Å²) >= 11 is 0. The van der Waals surface area contributed by atoms with E-state index in [2.05, 4.69) is 15.5 Å². The van der Waals surface area contributed by atoms with Crippen molar-refractivity contribution < 1.29 is 18.0 Å². The zero-order valence-electron chi connectivity index (χ0n) is 21.5. The maximum absolute atomic E-state index is 13.4. The molecule has 35 heavy (non-hydrogen) atoms. The van der Waals surface area contributed by atoms with E-state index in [1.807, 2.05) is 32.4 Å². The average Bonchev–Trinajstić information content (AvgIpc) is 3.02. The standard InChI is InChI=1S/C24H36N6O4S/c1-24(2,3)20(23(32)25-4)27-22(31)19-18-15-29(7)13-8-14-30(18)21(26-19)16-9-11-17(12-10-16)35(33,34)28(5)6/h9-12,20H,8,13-15H2,1-7H3,(H,25,32)(H,27,31)/t20-/m1/s1. The molecule has 1 aromatic carbocycles. The molecule has 1 aliphatic rings. The number of nitrogens with one attached hydrogen (secondary N) is 2. The van der Waals surface area contributed by atoms with Crippen LogP contribution in [-0.4, -0.2) is 79.8 Å². The van der Waals surface area contributed by atoms with Crippen molar-refractivity contribution in [1.29, 1.82) is 0 Å².